The van der Waals surface area contributed by atoms with Crippen LogP contribution in [0.25, 0.3) is 0 Å². The molecule has 1 atom stereocenters. The van der Waals surface area contributed by atoms with Gasteiger partial charge in [0.15, 0.2) is 0 Å². The first kappa shape index (κ1) is 18.1. The smallest absolute Gasteiger partial charge is 0.136 e. The second kappa shape index (κ2) is 7.90. The van der Waals surface area contributed by atoms with Gasteiger partial charge < -0.3 is 9.78 Å². The first-order chi connectivity index (χ1) is 9.84. The first-order valence-electron chi connectivity index (χ1n) is 8.11. The van der Waals surface area contributed by atoms with E-state index in [1.165, 1.54) is 5.56 Å². The van der Waals surface area contributed by atoms with E-state index in [0.29, 0.717) is 16.6 Å². The fourth-order valence-corrected chi connectivity index (χ4v) is 9.63. The molecular weight excluding hydrogens is 274 g/mol. The molecule has 2 nitrogen and oxygen atoms in total. The van der Waals surface area contributed by atoms with Gasteiger partial charge in [-0.1, -0.05) is 71.9 Å². The Bertz CT molecular complexity index is 406. The molecule has 1 N–H and O–H groups in total. The van der Waals surface area contributed by atoms with E-state index in [0.717, 1.165) is 12.7 Å². The maximum atomic E-state index is 11.6. The van der Waals surface area contributed by atoms with Crippen LogP contribution in [0.4, 0.5) is 0 Å². The fraction of sp³-hybridized carbons (Fsp3) is 0.611. The second-order valence-electron chi connectivity index (χ2n) is 6.97. The zero-order chi connectivity index (χ0) is 16.0. The van der Waals surface area contributed by atoms with Gasteiger partial charge in [-0.3, -0.25) is 0 Å². The van der Waals surface area contributed by atoms with Gasteiger partial charge in [0.2, 0.25) is 0 Å². The molecule has 1 aromatic carbocycles. The van der Waals surface area contributed by atoms with Crippen molar-refractivity contribution in [2.45, 2.75) is 70.6 Å². The van der Waals surface area contributed by atoms with Crippen LogP contribution >= 0.6 is 0 Å². The highest BCUT2D eigenvalue weighted by atomic mass is 28.3. The molecule has 1 aromatic rings. The average Bonchev–Trinajstić information content (AvgIpc) is 2.43. The number of hydrogen-bond donors (Lipinski definition) is 1. The third-order valence-corrected chi connectivity index (χ3v) is 11.4. The van der Waals surface area contributed by atoms with Gasteiger partial charge in [-0.05, 0) is 28.6 Å². The number of rotatable bonds is 8. The minimum atomic E-state index is -1.75. The predicted octanol–water partition coefficient (Wildman–Crippen LogP) is 4.56. The number of carbonyl (C=O) groups excluding carboxylic acids is 1. The van der Waals surface area contributed by atoms with Gasteiger partial charge in [0.05, 0.1) is 6.04 Å². The molecule has 0 radical (unpaired) electrons. The van der Waals surface area contributed by atoms with E-state index in [1.807, 2.05) is 18.2 Å². The van der Waals surface area contributed by atoms with E-state index in [-0.39, 0.29) is 6.04 Å². The Hall–Kier alpha value is -0.933. The summed E-state index contributed by atoms with van der Waals surface area (Å²) in [6, 6.07) is 10.2. The maximum absolute atomic E-state index is 11.6. The quantitative estimate of drug-likeness (QED) is 0.563. The van der Waals surface area contributed by atoms with Crippen LogP contribution in [-0.2, 0) is 11.2 Å². The van der Waals surface area contributed by atoms with Gasteiger partial charge in [0, 0.05) is 0 Å². The molecule has 0 saturated heterocycles. The molecule has 0 heterocycles. The average molecular weight is 306 g/mol. The van der Waals surface area contributed by atoms with Crippen molar-refractivity contribution in [1.29, 1.82) is 0 Å². The number of benzene rings is 1. The lowest BCUT2D eigenvalue weighted by atomic mass is 10.1. The number of hydrogen-bond acceptors (Lipinski definition) is 2. The van der Waals surface area contributed by atoms with Crippen LogP contribution in [0.1, 0.15) is 47.1 Å². The SMILES string of the molecule is CC(C)[Si](N[C@H](C=O)Cc1ccccc1)(C(C)C)C(C)C. The van der Waals surface area contributed by atoms with Gasteiger partial charge in [0.25, 0.3) is 0 Å². The molecule has 0 aromatic heterocycles. The van der Waals surface area contributed by atoms with E-state index in [4.69, 9.17) is 0 Å². The molecule has 1 rings (SSSR count). The highest BCUT2D eigenvalue weighted by Crippen LogP contribution is 2.39. The lowest BCUT2D eigenvalue weighted by Gasteiger charge is -2.45. The molecule has 118 valence electrons. The van der Waals surface area contributed by atoms with E-state index in [9.17, 15) is 4.79 Å². The summed E-state index contributed by atoms with van der Waals surface area (Å²) in [5, 5.41) is 0. The minimum absolute atomic E-state index is 0.0775. The summed E-state index contributed by atoms with van der Waals surface area (Å²) in [6.07, 6.45) is 1.88. The van der Waals surface area contributed by atoms with Crippen LogP contribution in [0.2, 0.25) is 16.6 Å². The summed E-state index contributed by atoms with van der Waals surface area (Å²) in [5.41, 5.74) is 3.04. The molecule has 0 bridgehead atoms. The van der Waals surface area contributed by atoms with Gasteiger partial charge in [-0.2, -0.15) is 0 Å². The second-order valence-corrected chi connectivity index (χ2v) is 12.6. The van der Waals surface area contributed by atoms with Crippen molar-refractivity contribution in [3.8, 4) is 0 Å². The van der Waals surface area contributed by atoms with Gasteiger partial charge >= 0.3 is 0 Å². The van der Waals surface area contributed by atoms with E-state index >= 15 is 0 Å². The van der Waals surface area contributed by atoms with Crippen LogP contribution in [-0.4, -0.2) is 20.6 Å². The Balaban J connectivity index is 2.97. The topological polar surface area (TPSA) is 29.1 Å². The normalized spacial score (nSPS) is 14.0. The van der Waals surface area contributed by atoms with Crippen molar-refractivity contribution in [2.24, 2.45) is 0 Å². The molecule has 0 amide bonds. The standard InChI is InChI=1S/C18H31NOSi/c1-14(2)21(15(3)4,16(5)6)19-18(13-20)12-17-10-8-7-9-11-17/h7-11,13-16,18-19H,12H2,1-6H3/t18-/m0/s1. The van der Waals surface area contributed by atoms with Crippen molar-refractivity contribution in [3.63, 3.8) is 0 Å². The number of aldehydes is 1. The number of nitrogens with one attached hydrogen (secondary N) is 1. The maximum Gasteiger partial charge on any atom is 0.136 e. The summed E-state index contributed by atoms with van der Waals surface area (Å²) in [7, 11) is -1.75. The largest absolute Gasteiger partial charge is 0.328 e. The van der Waals surface area contributed by atoms with Crippen LogP contribution in [0.3, 0.4) is 0 Å². The van der Waals surface area contributed by atoms with Crippen LogP contribution in [0, 0.1) is 0 Å². The van der Waals surface area contributed by atoms with Crippen molar-refractivity contribution in [2.75, 3.05) is 0 Å². The third-order valence-electron chi connectivity index (χ3n) is 4.76. The molecule has 0 aliphatic carbocycles. The monoisotopic (exact) mass is 305 g/mol. The van der Waals surface area contributed by atoms with Crippen LogP contribution < -0.4 is 4.98 Å². The van der Waals surface area contributed by atoms with E-state index in [1.54, 1.807) is 0 Å². The summed E-state index contributed by atoms with van der Waals surface area (Å²) >= 11 is 0. The Morgan fingerprint density at radius 2 is 1.43 bits per heavy atom. The number of carbonyl (C=O) groups is 1. The molecule has 0 spiro atoms. The Labute approximate surface area is 131 Å². The van der Waals surface area contributed by atoms with E-state index < -0.39 is 8.24 Å². The molecular formula is C18H31NOSi. The van der Waals surface area contributed by atoms with Crippen molar-refractivity contribution >= 4 is 14.5 Å². The third kappa shape index (κ3) is 4.27. The summed E-state index contributed by atoms with van der Waals surface area (Å²) in [5.74, 6) is 0. The van der Waals surface area contributed by atoms with Crippen molar-refractivity contribution < 1.29 is 4.79 Å². The first-order valence-corrected chi connectivity index (χ1v) is 10.3. The Morgan fingerprint density at radius 1 is 0.952 bits per heavy atom. The summed E-state index contributed by atoms with van der Waals surface area (Å²) in [4.78, 5) is 15.4. The molecule has 3 heteroatoms. The van der Waals surface area contributed by atoms with Crippen LogP contribution in [0.5, 0.6) is 0 Å². The predicted molar refractivity (Wildman–Crippen MR) is 94.2 cm³/mol. The van der Waals surface area contributed by atoms with Gasteiger partial charge in [-0.15, -0.1) is 0 Å². The van der Waals surface area contributed by atoms with E-state index in [2.05, 4.69) is 58.7 Å². The van der Waals surface area contributed by atoms with Crippen LogP contribution in [0.15, 0.2) is 30.3 Å². The fourth-order valence-electron chi connectivity index (χ4n) is 3.82. The minimum Gasteiger partial charge on any atom is -0.328 e. The zero-order valence-corrected chi connectivity index (χ0v) is 15.4. The summed E-state index contributed by atoms with van der Waals surface area (Å²) < 4.78 is 0. The Kier molecular flexibility index (Phi) is 6.82. The molecule has 0 aliphatic heterocycles. The highest BCUT2D eigenvalue weighted by Gasteiger charge is 2.44. The molecule has 21 heavy (non-hydrogen) atoms. The lowest BCUT2D eigenvalue weighted by Crippen LogP contribution is -2.62. The molecule has 0 unspecified atom stereocenters. The summed E-state index contributed by atoms with van der Waals surface area (Å²) in [6.45, 7) is 13.9. The molecule has 0 fully saturated rings. The van der Waals surface area contributed by atoms with Crippen molar-refractivity contribution in [1.82, 2.24) is 4.98 Å². The molecule has 0 aliphatic rings. The Morgan fingerprint density at radius 3 is 1.81 bits per heavy atom. The molecule has 0 saturated carbocycles. The van der Waals surface area contributed by atoms with Gasteiger partial charge in [-0.25, -0.2) is 0 Å². The highest BCUT2D eigenvalue weighted by molar-refractivity contribution is 6.81. The van der Waals surface area contributed by atoms with Crippen molar-refractivity contribution in [3.05, 3.63) is 35.9 Å². The lowest BCUT2D eigenvalue weighted by molar-refractivity contribution is -0.109. The zero-order valence-electron chi connectivity index (χ0n) is 14.4. The van der Waals surface area contributed by atoms with Gasteiger partial charge in [0.1, 0.15) is 14.5 Å².